The van der Waals surface area contributed by atoms with Crippen LogP contribution in [0.2, 0.25) is 0 Å². The molecule has 1 saturated heterocycles. The van der Waals surface area contributed by atoms with Crippen LogP contribution in [0.4, 0.5) is 9.52 Å². The molecule has 7 heteroatoms. The van der Waals surface area contributed by atoms with Gasteiger partial charge in [-0.2, -0.15) is 0 Å². The average molecular weight is 452 g/mol. The lowest BCUT2D eigenvalue weighted by Crippen LogP contribution is -2.41. The molecule has 0 spiro atoms. The normalized spacial score (nSPS) is 14.3. The zero-order chi connectivity index (χ0) is 22.3. The van der Waals surface area contributed by atoms with E-state index < -0.39 is 0 Å². The Hall–Kier alpha value is -3.06. The van der Waals surface area contributed by atoms with E-state index >= 15 is 0 Å². The number of benzene rings is 2. The molecule has 0 unspecified atom stereocenters. The highest BCUT2D eigenvalue weighted by Crippen LogP contribution is 2.24. The topological polar surface area (TPSA) is 62.3 Å². The van der Waals surface area contributed by atoms with E-state index in [2.05, 4.69) is 10.3 Å². The fraction of sp³-hybridized carbons (Fsp3) is 0.320. The summed E-state index contributed by atoms with van der Waals surface area (Å²) in [5.74, 6) is -0.281. The van der Waals surface area contributed by atoms with Crippen molar-refractivity contribution < 1.29 is 14.0 Å². The second kappa shape index (κ2) is 10.5. The van der Waals surface area contributed by atoms with E-state index in [1.165, 1.54) is 23.5 Å². The summed E-state index contributed by atoms with van der Waals surface area (Å²) in [5.41, 5.74) is 2.03. The zero-order valence-electron chi connectivity index (χ0n) is 17.8. The van der Waals surface area contributed by atoms with Crippen LogP contribution in [0.15, 0.2) is 60.8 Å². The third-order valence-corrected chi connectivity index (χ3v) is 6.65. The summed E-state index contributed by atoms with van der Waals surface area (Å²) in [6, 6.07) is 16.5. The van der Waals surface area contributed by atoms with Gasteiger partial charge in [0, 0.05) is 42.9 Å². The van der Waals surface area contributed by atoms with Gasteiger partial charge in [-0.1, -0.05) is 42.5 Å². The van der Waals surface area contributed by atoms with Crippen LogP contribution >= 0.6 is 11.3 Å². The number of hydrogen-bond acceptors (Lipinski definition) is 4. The highest BCUT2D eigenvalue weighted by Gasteiger charge is 2.27. The number of rotatable bonds is 7. The van der Waals surface area contributed by atoms with E-state index in [0.29, 0.717) is 43.9 Å². The van der Waals surface area contributed by atoms with Gasteiger partial charge in [-0.05, 0) is 42.5 Å². The number of thiazole rings is 1. The average Bonchev–Trinajstić information content (AvgIpc) is 3.24. The third kappa shape index (κ3) is 6.01. The van der Waals surface area contributed by atoms with E-state index in [-0.39, 0.29) is 23.5 Å². The molecule has 1 N–H and O–H groups in total. The van der Waals surface area contributed by atoms with Crippen molar-refractivity contribution >= 4 is 28.3 Å². The van der Waals surface area contributed by atoms with E-state index in [0.717, 1.165) is 22.4 Å². The SMILES string of the molecule is O=C(Nc1ncc(Cc2cccc(F)c2)s1)C1CCN(C(=O)CCc2ccccc2)CC1. The predicted molar refractivity (Wildman–Crippen MR) is 124 cm³/mol. The molecule has 0 bridgehead atoms. The smallest absolute Gasteiger partial charge is 0.229 e. The molecule has 1 fully saturated rings. The van der Waals surface area contributed by atoms with Crippen molar-refractivity contribution in [1.82, 2.24) is 9.88 Å². The first kappa shape index (κ1) is 22.1. The summed E-state index contributed by atoms with van der Waals surface area (Å²) in [4.78, 5) is 32.3. The minimum Gasteiger partial charge on any atom is -0.343 e. The molecule has 5 nitrogen and oxygen atoms in total. The number of aryl methyl sites for hydroxylation is 1. The van der Waals surface area contributed by atoms with Crippen molar-refractivity contribution in [3.05, 3.63) is 82.6 Å². The fourth-order valence-electron chi connectivity index (χ4n) is 3.95. The Kier molecular flexibility index (Phi) is 7.27. The molecule has 2 heterocycles. The largest absolute Gasteiger partial charge is 0.343 e. The third-order valence-electron chi connectivity index (χ3n) is 5.74. The number of anilines is 1. The van der Waals surface area contributed by atoms with Crippen LogP contribution < -0.4 is 5.32 Å². The molecule has 32 heavy (non-hydrogen) atoms. The van der Waals surface area contributed by atoms with Crippen LogP contribution in [0.1, 0.15) is 35.3 Å². The van der Waals surface area contributed by atoms with Crippen molar-refractivity contribution in [3.8, 4) is 0 Å². The van der Waals surface area contributed by atoms with Gasteiger partial charge in [0.15, 0.2) is 5.13 Å². The number of amides is 2. The lowest BCUT2D eigenvalue weighted by Gasteiger charge is -2.31. The van der Waals surface area contributed by atoms with Gasteiger partial charge in [-0.25, -0.2) is 9.37 Å². The maximum atomic E-state index is 13.4. The van der Waals surface area contributed by atoms with Gasteiger partial charge in [-0.3, -0.25) is 9.59 Å². The van der Waals surface area contributed by atoms with Crippen LogP contribution in [-0.2, 0) is 22.4 Å². The maximum Gasteiger partial charge on any atom is 0.229 e. The first-order valence-electron chi connectivity index (χ1n) is 10.9. The molecule has 0 atom stereocenters. The lowest BCUT2D eigenvalue weighted by atomic mass is 9.95. The number of aromatic nitrogens is 1. The molecule has 1 aliphatic heterocycles. The molecule has 0 radical (unpaired) electrons. The maximum absolute atomic E-state index is 13.4. The second-order valence-corrected chi connectivity index (χ2v) is 9.18. The summed E-state index contributed by atoms with van der Waals surface area (Å²) in [5, 5.41) is 3.47. The van der Waals surface area contributed by atoms with E-state index in [9.17, 15) is 14.0 Å². The highest BCUT2D eigenvalue weighted by atomic mass is 32.1. The number of hydrogen-bond donors (Lipinski definition) is 1. The summed E-state index contributed by atoms with van der Waals surface area (Å²) in [6.07, 6.45) is 4.85. The number of likely N-dealkylation sites (tertiary alicyclic amines) is 1. The van der Waals surface area contributed by atoms with Gasteiger partial charge in [-0.15, -0.1) is 11.3 Å². The van der Waals surface area contributed by atoms with Crippen molar-refractivity contribution in [2.24, 2.45) is 5.92 Å². The van der Waals surface area contributed by atoms with Crippen molar-refractivity contribution in [2.45, 2.75) is 32.1 Å². The van der Waals surface area contributed by atoms with Gasteiger partial charge in [0.2, 0.25) is 11.8 Å². The lowest BCUT2D eigenvalue weighted by molar-refractivity contribution is -0.134. The van der Waals surface area contributed by atoms with E-state index in [1.807, 2.05) is 41.3 Å². The van der Waals surface area contributed by atoms with Gasteiger partial charge in [0.05, 0.1) is 0 Å². The van der Waals surface area contributed by atoms with Crippen molar-refractivity contribution in [3.63, 3.8) is 0 Å². The first-order chi connectivity index (χ1) is 15.6. The molecule has 3 aromatic rings. The molecule has 0 saturated carbocycles. The predicted octanol–water partition coefficient (Wildman–Crippen LogP) is 4.68. The number of nitrogens with zero attached hydrogens (tertiary/aromatic N) is 2. The molecule has 1 aromatic heterocycles. The molecule has 2 aromatic carbocycles. The Balaban J connectivity index is 1.22. The molecular weight excluding hydrogens is 425 g/mol. The van der Waals surface area contributed by atoms with E-state index in [4.69, 9.17) is 0 Å². The zero-order valence-corrected chi connectivity index (χ0v) is 18.6. The van der Waals surface area contributed by atoms with Gasteiger partial charge in [0.1, 0.15) is 5.82 Å². The number of piperidine rings is 1. The Morgan fingerprint density at radius 1 is 1.06 bits per heavy atom. The Bertz CT molecular complexity index is 1060. The quantitative estimate of drug-likeness (QED) is 0.567. The van der Waals surface area contributed by atoms with E-state index in [1.54, 1.807) is 12.3 Å². The molecular formula is C25H26FN3O2S. The standard InChI is InChI=1S/C25H26FN3O2S/c26-21-8-4-7-19(15-21)16-22-17-27-25(32-22)28-24(31)20-11-13-29(14-12-20)23(30)10-9-18-5-2-1-3-6-18/h1-8,15,17,20H,9-14,16H2,(H,27,28,31). The Morgan fingerprint density at radius 2 is 1.81 bits per heavy atom. The minimum absolute atomic E-state index is 0.0481. The summed E-state index contributed by atoms with van der Waals surface area (Å²) >= 11 is 1.41. The molecule has 1 aliphatic rings. The summed E-state index contributed by atoms with van der Waals surface area (Å²) < 4.78 is 13.4. The number of carbonyl (C=O) groups is 2. The highest BCUT2D eigenvalue weighted by molar-refractivity contribution is 7.15. The van der Waals surface area contributed by atoms with Crippen LogP contribution in [-0.4, -0.2) is 34.8 Å². The van der Waals surface area contributed by atoms with Crippen LogP contribution in [0.3, 0.4) is 0 Å². The second-order valence-electron chi connectivity index (χ2n) is 8.07. The summed E-state index contributed by atoms with van der Waals surface area (Å²) in [7, 11) is 0. The fourth-order valence-corrected chi connectivity index (χ4v) is 4.80. The number of halogens is 1. The first-order valence-corrected chi connectivity index (χ1v) is 11.7. The minimum atomic E-state index is -0.259. The molecule has 0 aliphatic carbocycles. The van der Waals surface area contributed by atoms with Gasteiger partial charge >= 0.3 is 0 Å². The molecule has 2 amide bonds. The summed E-state index contributed by atoms with van der Waals surface area (Å²) in [6.45, 7) is 1.21. The molecule has 166 valence electrons. The monoisotopic (exact) mass is 451 g/mol. The number of carbonyl (C=O) groups excluding carboxylic acids is 2. The Morgan fingerprint density at radius 3 is 2.56 bits per heavy atom. The van der Waals surface area contributed by atoms with Crippen LogP contribution in [0.25, 0.3) is 0 Å². The van der Waals surface area contributed by atoms with Crippen molar-refractivity contribution in [2.75, 3.05) is 18.4 Å². The van der Waals surface area contributed by atoms with Gasteiger partial charge in [0.25, 0.3) is 0 Å². The van der Waals surface area contributed by atoms with Crippen LogP contribution in [0.5, 0.6) is 0 Å². The van der Waals surface area contributed by atoms with Gasteiger partial charge < -0.3 is 10.2 Å². The Labute approximate surface area is 191 Å². The van der Waals surface area contributed by atoms with Crippen LogP contribution in [0, 0.1) is 11.7 Å². The van der Waals surface area contributed by atoms with Crippen molar-refractivity contribution in [1.29, 1.82) is 0 Å². The number of nitrogens with one attached hydrogen (secondary N) is 1. The molecule has 4 rings (SSSR count).